The van der Waals surface area contributed by atoms with Gasteiger partial charge in [-0.15, -0.1) is 0 Å². The van der Waals surface area contributed by atoms with Crippen molar-refractivity contribution in [3.05, 3.63) is 71.5 Å². The van der Waals surface area contributed by atoms with Gasteiger partial charge in [-0.05, 0) is 104 Å². The van der Waals surface area contributed by atoms with Crippen LogP contribution in [0.3, 0.4) is 0 Å². The molecule has 0 radical (unpaired) electrons. The van der Waals surface area contributed by atoms with Crippen molar-refractivity contribution in [3.63, 3.8) is 0 Å². The predicted octanol–water partition coefficient (Wildman–Crippen LogP) is 5.60. The van der Waals surface area contributed by atoms with Crippen LogP contribution >= 0.6 is 0 Å². The molecule has 2 saturated heterocycles. The number of benzene rings is 2. The maximum absolute atomic E-state index is 14.8. The number of phenols is 1. The lowest BCUT2D eigenvalue weighted by Crippen LogP contribution is -2.66. The van der Waals surface area contributed by atoms with Gasteiger partial charge < -0.3 is 39.2 Å². The van der Waals surface area contributed by atoms with Gasteiger partial charge >= 0.3 is 12.0 Å². The number of piperazine rings is 1. The van der Waals surface area contributed by atoms with E-state index in [1.165, 1.54) is 9.91 Å². The Labute approximate surface area is 377 Å². The van der Waals surface area contributed by atoms with Crippen LogP contribution in [-0.2, 0) is 49.9 Å². The largest absolute Gasteiger partial charge is 0.508 e. The van der Waals surface area contributed by atoms with Crippen LogP contribution in [0.4, 0.5) is 4.79 Å². The van der Waals surface area contributed by atoms with Crippen molar-refractivity contribution in [2.45, 2.75) is 98.0 Å². The van der Waals surface area contributed by atoms with E-state index in [2.05, 4.69) is 58.1 Å². The molecule has 7 rings (SSSR count). The quantitative estimate of drug-likeness (QED) is 0.190. The molecule has 2 fully saturated rings. The van der Waals surface area contributed by atoms with Gasteiger partial charge in [-0.1, -0.05) is 39.8 Å². The summed E-state index contributed by atoms with van der Waals surface area (Å²) in [4.78, 5) is 67.2. The molecule has 344 valence electrons. The first-order chi connectivity index (χ1) is 30.4. The van der Waals surface area contributed by atoms with E-state index in [0.29, 0.717) is 57.6 Å². The molecule has 0 spiro atoms. The van der Waals surface area contributed by atoms with E-state index < -0.39 is 40.8 Å². The summed E-state index contributed by atoms with van der Waals surface area (Å²) in [5.74, 6) is -1.67. The van der Waals surface area contributed by atoms with E-state index in [1.807, 2.05) is 45.3 Å². The molecule has 4 aromatic rings. The first-order valence-electron chi connectivity index (χ1n) is 22.6. The van der Waals surface area contributed by atoms with Crippen LogP contribution in [0.5, 0.6) is 5.75 Å². The first kappa shape index (κ1) is 46.5. The van der Waals surface area contributed by atoms with Gasteiger partial charge in [-0.2, -0.15) is 0 Å². The second-order valence-corrected chi connectivity index (χ2v) is 19.2. The van der Waals surface area contributed by atoms with Gasteiger partial charge in [-0.3, -0.25) is 19.6 Å². The maximum atomic E-state index is 14.8. The van der Waals surface area contributed by atoms with E-state index in [1.54, 1.807) is 44.3 Å². The number of pyridine rings is 1. The van der Waals surface area contributed by atoms with E-state index in [-0.39, 0.29) is 30.7 Å². The number of ether oxygens (including phenoxy) is 2. The molecule has 0 aliphatic carbocycles. The molecule has 15 heteroatoms. The van der Waals surface area contributed by atoms with Crippen LogP contribution in [0.25, 0.3) is 33.3 Å². The molecule has 4 amide bonds. The van der Waals surface area contributed by atoms with E-state index >= 15 is 0 Å². The third-order valence-corrected chi connectivity index (χ3v) is 13.1. The van der Waals surface area contributed by atoms with Gasteiger partial charge in [0.15, 0.2) is 0 Å². The van der Waals surface area contributed by atoms with E-state index in [9.17, 15) is 24.3 Å². The van der Waals surface area contributed by atoms with E-state index in [4.69, 9.17) is 9.47 Å². The summed E-state index contributed by atoms with van der Waals surface area (Å²) in [6.07, 6.45) is 5.17. The Morgan fingerprint density at radius 3 is 2.50 bits per heavy atom. The Hall–Kier alpha value is -5.51. The average molecular weight is 879 g/mol. The molecule has 3 aliphatic rings. The number of aryl methyl sites for hydroxylation is 1. The van der Waals surface area contributed by atoms with Crippen LogP contribution < -0.4 is 10.7 Å². The number of aromatic hydroxyl groups is 1. The average Bonchev–Trinajstić information content (AvgIpc) is 3.56. The zero-order valence-corrected chi connectivity index (χ0v) is 39.0. The Bertz CT molecular complexity index is 2390. The van der Waals surface area contributed by atoms with Crippen LogP contribution in [0.15, 0.2) is 54.9 Å². The topological polar surface area (TPSA) is 162 Å². The normalized spacial score (nSPS) is 21.4. The molecule has 3 aliphatic heterocycles. The number of fused-ring (bicyclic) bond motifs is 6. The first-order valence-corrected chi connectivity index (χ1v) is 22.6. The maximum Gasteiger partial charge on any atom is 0.327 e. The number of hydrogen-bond donors (Lipinski definition) is 3. The van der Waals surface area contributed by atoms with Gasteiger partial charge in [0.2, 0.25) is 5.91 Å². The van der Waals surface area contributed by atoms with Crippen molar-refractivity contribution in [3.8, 4) is 28.1 Å². The molecule has 5 heterocycles. The van der Waals surface area contributed by atoms with E-state index in [0.717, 1.165) is 57.5 Å². The number of aromatic nitrogens is 2. The molecule has 0 unspecified atom stereocenters. The van der Waals surface area contributed by atoms with Gasteiger partial charge in [-0.25, -0.2) is 15.0 Å². The lowest BCUT2D eigenvalue weighted by atomic mass is 9.84. The van der Waals surface area contributed by atoms with Gasteiger partial charge in [0.05, 0.1) is 18.9 Å². The Kier molecular flexibility index (Phi) is 13.7. The summed E-state index contributed by atoms with van der Waals surface area (Å²) >= 11 is 0. The van der Waals surface area contributed by atoms with Crippen LogP contribution in [0.1, 0.15) is 71.1 Å². The zero-order chi connectivity index (χ0) is 46.1. The number of carbonyl (C=O) groups is 4. The fraction of sp³-hybridized carbons (Fsp3) is 0.531. The third-order valence-electron chi connectivity index (χ3n) is 13.1. The summed E-state index contributed by atoms with van der Waals surface area (Å²) in [6.45, 7) is 15.8. The molecule has 2 aromatic heterocycles. The standard InChI is InChI=1S/C49H66N8O7/c1-10-56-41-13-12-33-26-37(41)38(43(56)39-28-50-16-14-34(39)29-63-9)27-48(4,5)30-64-46(61)49(6)15-11-17-57(52-49)45(60)40(24-32-22-35(33)25-36(58)23-32)51-44(59)42(31(2)3)54(8)47(62)55-20-18-53(7)19-21-55/h12-14,16,22-23,25-26,28,31,40,42,52,58H,10-11,15,17-21,24,27,29-30H2,1-9H3,(H,51,59)/t40-,42-,49+/m0/s1. The van der Waals surface area contributed by atoms with Crippen molar-refractivity contribution in [2.24, 2.45) is 11.3 Å². The fourth-order valence-electron chi connectivity index (χ4n) is 9.71. The molecule has 2 aromatic carbocycles. The monoisotopic (exact) mass is 879 g/mol. The van der Waals surface area contributed by atoms with Crippen molar-refractivity contribution in [2.75, 3.05) is 60.5 Å². The number of urea groups is 1. The molecule has 3 atom stereocenters. The molecule has 64 heavy (non-hydrogen) atoms. The highest BCUT2D eigenvalue weighted by Gasteiger charge is 2.44. The number of nitrogens with zero attached hydrogens (tertiary/aromatic N) is 6. The summed E-state index contributed by atoms with van der Waals surface area (Å²) in [6, 6.07) is 11.3. The number of hydrazine groups is 1. The minimum absolute atomic E-state index is 0.0104. The Morgan fingerprint density at radius 1 is 1.05 bits per heavy atom. The summed E-state index contributed by atoms with van der Waals surface area (Å²) in [5, 5.41) is 16.8. The van der Waals surface area contributed by atoms with Gasteiger partial charge in [0.1, 0.15) is 23.4 Å². The van der Waals surface area contributed by atoms with Gasteiger partial charge in [0, 0.05) is 94.1 Å². The second kappa shape index (κ2) is 18.9. The van der Waals surface area contributed by atoms with Crippen molar-refractivity contribution >= 4 is 34.7 Å². The number of carbonyl (C=O) groups excluding carboxylic acids is 4. The molecular weight excluding hydrogens is 813 g/mol. The lowest BCUT2D eigenvalue weighted by molar-refractivity contribution is -0.162. The predicted molar refractivity (Wildman–Crippen MR) is 246 cm³/mol. The number of esters is 1. The highest BCUT2D eigenvalue weighted by Crippen LogP contribution is 2.41. The smallest absolute Gasteiger partial charge is 0.327 e. The number of amides is 4. The zero-order valence-electron chi connectivity index (χ0n) is 39.0. The number of likely N-dealkylation sites (N-methyl/N-ethyl adjacent to an activating group) is 2. The van der Waals surface area contributed by atoms with Crippen LogP contribution in [-0.4, -0.2) is 136 Å². The van der Waals surface area contributed by atoms with Crippen molar-refractivity contribution in [1.29, 1.82) is 0 Å². The number of methoxy groups -OCH3 is 1. The summed E-state index contributed by atoms with van der Waals surface area (Å²) in [7, 11) is 5.33. The van der Waals surface area contributed by atoms with Gasteiger partial charge in [0.25, 0.3) is 5.91 Å². The molecule has 6 bridgehead atoms. The molecule has 3 N–H and O–H groups in total. The fourth-order valence-corrected chi connectivity index (χ4v) is 9.71. The minimum Gasteiger partial charge on any atom is -0.508 e. The minimum atomic E-state index is -1.24. The van der Waals surface area contributed by atoms with Crippen molar-refractivity contribution < 1.29 is 33.8 Å². The van der Waals surface area contributed by atoms with Crippen LogP contribution in [0.2, 0.25) is 0 Å². The highest BCUT2D eigenvalue weighted by atomic mass is 16.5. The summed E-state index contributed by atoms with van der Waals surface area (Å²) < 4.78 is 14.1. The van der Waals surface area contributed by atoms with Crippen molar-refractivity contribution in [1.82, 2.24) is 40.0 Å². The second-order valence-electron chi connectivity index (χ2n) is 19.2. The number of rotatable bonds is 8. The molecule has 15 nitrogen and oxygen atoms in total. The number of cyclic esters (lactones) is 1. The summed E-state index contributed by atoms with van der Waals surface area (Å²) in [5.41, 5.74) is 8.71. The number of nitrogens with one attached hydrogen (secondary N) is 2. The Balaban J connectivity index is 1.33. The van der Waals surface area contributed by atoms with Crippen LogP contribution in [0, 0.1) is 11.3 Å². The molecular formula is C49H66N8O7. The third kappa shape index (κ3) is 9.62. The highest BCUT2D eigenvalue weighted by molar-refractivity contribution is 5.96. The SMILES string of the molecule is CCn1c(-c2cnccc2COC)c2c3cc(ccc31)-c1cc(O)cc(c1)C[C@H](NC(=O)[C@H](C(C)C)N(C)C(=O)N1CCN(C)CC1)C(=O)N1CCC[C@@](C)(N1)C(=O)OCC(C)(C)C2. The Morgan fingerprint density at radius 2 is 1.80 bits per heavy atom. The molecule has 0 saturated carbocycles. The number of phenolic OH excluding ortho intramolecular Hbond substituents is 1. The number of hydrogen-bond acceptors (Lipinski definition) is 10. The lowest BCUT2D eigenvalue weighted by Gasteiger charge is -2.42.